The molecule has 1 atom stereocenters. The third-order valence-electron chi connectivity index (χ3n) is 2.10. The van der Waals surface area contributed by atoms with Crippen molar-refractivity contribution in [3.05, 3.63) is 6.07 Å². The molecule has 1 aromatic heterocycles. The first-order valence-corrected chi connectivity index (χ1v) is 6.89. The van der Waals surface area contributed by atoms with Gasteiger partial charge in [-0.3, -0.25) is 0 Å². The van der Waals surface area contributed by atoms with Crippen molar-refractivity contribution in [2.24, 2.45) is 0 Å². The maximum absolute atomic E-state index is 9.68. The maximum Gasteiger partial charge on any atom is 0.191 e. The Morgan fingerprint density at radius 2 is 2.06 bits per heavy atom. The van der Waals surface area contributed by atoms with E-state index in [1.165, 1.54) is 17.8 Å². The number of rotatable bonds is 8. The van der Waals surface area contributed by atoms with Gasteiger partial charge in [0, 0.05) is 18.4 Å². The van der Waals surface area contributed by atoms with E-state index in [0.29, 0.717) is 35.8 Å². The molecule has 102 valence electrons. The minimum Gasteiger partial charge on any atom is -0.390 e. The molecule has 0 aliphatic rings. The summed E-state index contributed by atoms with van der Waals surface area (Å²) >= 11 is 1.31. The minimum atomic E-state index is -0.543. The van der Waals surface area contributed by atoms with Gasteiger partial charge in [-0.25, -0.2) is 9.97 Å². The molecule has 0 saturated carbocycles. The molecule has 0 spiro atoms. The summed E-state index contributed by atoms with van der Waals surface area (Å²) in [5.74, 6) is 1.12. The van der Waals surface area contributed by atoms with E-state index in [9.17, 15) is 5.11 Å². The van der Waals surface area contributed by atoms with Crippen LogP contribution in [0.4, 0.5) is 11.6 Å². The van der Waals surface area contributed by atoms with E-state index in [4.69, 9.17) is 16.2 Å². The molecule has 0 fully saturated rings. The summed E-state index contributed by atoms with van der Waals surface area (Å²) in [6.07, 6.45) is 1.55. The third-order valence-corrected chi connectivity index (χ3v) is 3.09. The Labute approximate surface area is 111 Å². The number of unbranched alkanes of at least 4 members (excludes halogenated alkanes) is 1. The summed E-state index contributed by atoms with van der Waals surface area (Å²) in [7, 11) is 0. The number of hydrogen-bond donors (Lipinski definition) is 3. The predicted molar refractivity (Wildman–Crippen MR) is 73.3 cm³/mol. The van der Waals surface area contributed by atoms with E-state index >= 15 is 0 Å². The number of thioether (sulfide) groups is 1. The average molecular weight is 272 g/mol. The largest absolute Gasteiger partial charge is 0.390 e. The first-order chi connectivity index (χ1) is 8.61. The molecule has 1 aromatic rings. The second-order valence-electron chi connectivity index (χ2n) is 3.89. The van der Waals surface area contributed by atoms with Gasteiger partial charge in [0.1, 0.15) is 11.6 Å². The van der Waals surface area contributed by atoms with Crippen LogP contribution < -0.4 is 11.5 Å². The molecule has 0 radical (unpaired) electrons. The van der Waals surface area contributed by atoms with Crippen molar-refractivity contribution in [2.45, 2.75) is 31.0 Å². The zero-order valence-corrected chi connectivity index (χ0v) is 11.3. The van der Waals surface area contributed by atoms with E-state index in [-0.39, 0.29) is 0 Å². The molecule has 1 unspecified atom stereocenters. The fourth-order valence-corrected chi connectivity index (χ4v) is 1.99. The lowest BCUT2D eigenvalue weighted by Gasteiger charge is -2.10. The second-order valence-corrected chi connectivity index (χ2v) is 4.88. The van der Waals surface area contributed by atoms with Gasteiger partial charge in [-0.2, -0.15) is 0 Å². The zero-order valence-electron chi connectivity index (χ0n) is 10.5. The Balaban J connectivity index is 2.26. The SMILES string of the molecule is CCCCOCC(O)CSc1nc(N)cc(N)n1. The van der Waals surface area contributed by atoms with Crippen LogP contribution in [0.15, 0.2) is 11.2 Å². The highest BCUT2D eigenvalue weighted by atomic mass is 32.2. The third kappa shape index (κ3) is 6.04. The van der Waals surface area contributed by atoms with Crippen molar-refractivity contribution in [3.63, 3.8) is 0 Å². The topological polar surface area (TPSA) is 107 Å². The van der Waals surface area contributed by atoms with Gasteiger partial charge in [-0.15, -0.1) is 0 Å². The lowest BCUT2D eigenvalue weighted by atomic mass is 10.3. The summed E-state index contributed by atoms with van der Waals surface area (Å²) in [6.45, 7) is 3.10. The van der Waals surface area contributed by atoms with Crippen molar-refractivity contribution in [1.29, 1.82) is 0 Å². The monoisotopic (exact) mass is 272 g/mol. The van der Waals surface area contributed by atoms with E-state index in [1.807, 2.05) is 0 Å². The van der Waals surface area contributed by atoms with E-state index < -0.39 is 6.10 Å². The molecule has 0 amide bonds. The van der Waals surface area contributed by atoms with Crippen molar-refractivity contribution in [1.82, 2.24) is 9.97 Å². The Bertz CT molecular complexity index is 345. The van der Waals surface area contributed by atoms with Gasteiger partial charge in [0.05, 0.1) is 12.7 Å². The fourth-order valence-electron chi connectivity index (χ4n) is 1.21. The van der Waals surface area contributed by atoms with Crippen LogP contribution in [0.25, 0.3) is 0 Å². The number of anilines is 2. The van der Waals surface area contributed by atoms with Crippen molar-refractivity contribution >= 4 is 23.4 Å². The number of aromatic nitrogens is 2. The second kappa shape index (κ2) is 8.12. The predicted octanol–water partition coefficient (Wildman–Crippen LogP) is 0.911. The van der Waals surface area contributed by atoms with Crippen LogP contribution in [-0.2, 0) is 4.74 Å². The van der Waals surface area contributed by atoms with E-state index in [2.05, 4.69) is 16.9 Å². The minimum absolute atomic E-state index is 0.324. The molecule has 1 rings (SSSR count). The smallest absolute Gasteiger partial charge is 0.191 e. The number of ether oxygens (including phenoxy) is 1. The molecule has 0 aliphatic heterocycles. The van der Waals surface area contributed by atoms with Gasteiger partial charge in [-0.1, -0.05) is 25.1 Å². The molecule has 0 aliphatic carbocycles. The fraction of sp³-hybridized carbons (Fsp3) is 0.636. The van der Waals surface area contributed by atoms with Crippen LogP contribution in [0.5, 0.6) is 0 Å². The van der Waals surface area contributed by atoms with Gasteiger partial charge in [0.15, 0.2) is 5.16 Å². The number of aliphatic hydroxyl groups excluding tert-OH is 1. The Hall–Kier alpha value is -1.05. The Morgan fingerprint density at radius 1 is 1.39 bits per heavy atom. The van der Waals surface area contributed by atoms with Crippen LogP contribution in [0.3, 0.4) is 0 Å². The normalized spacial score (nSPS) is 12.6. The number of nitrogens with zero attached hydrogens (tertiary/aromatic N) is 2. The lowest BCUT2D eigenvalue weighted by molar-refractivity contribution is 0.0473. The summed E-state index contributed by atoms with van der Waals surface area (Å²) in [5.41, 5.74) is 11.1. The highest BCUT2D eigenvalue weighted by molar-refractivity contribution is 7.99. The number of nitrogens with two attached hydrogens (primary N) is 2. The van der Waals surface area contributed by atoms with Crippen LogP contribution in [0, 0.1) is 0 Å². The highest BCUT2D eigenvalue weighted by Gasteiger charge is 2.08. The summed E-state index contributed by atoms with van der Waals surface area (Å²) in [6, 6.07) is 1.49. The Morgan fingerprint density at radius 3 is 2.67 bits per heavy atom. The molecule has 0 saturated heterocycles. The van der Waals surface area contributed by atoms with Crippen molar-refractivity contribution in [3.8, 4) is 0 Å². The van der Waals surface area contributed by atoms with Crippen molar-refractivity contribution in [2.75, 3.05) is 30.4 Å². The number of aliphatic hydroxyl groups is 1. The standard InChI is InChI=1S/C11H20N4O2S/c1-2-3-4-17-6-8(16)7-18-11-14-9(12)5-10(13)15-11/h5,8,16H,2-4,6-7H2,1H3,(H4,12,13,14,15). The van der Waals surface area contributed by atoms with Crippen LogP contribution >= 0.6 is 11.8 Å². The lowest BCUT2D eigenvalue weighted by Crippen LogP contribution is -2.18. The van der Waals surface area contributed by atoms with Crippen molar-refractivity contribution < 1.29 is 9.84 Å². The summed E-state index contributed by atoms with van der Waals surface area (Å²) in [4.78, 5) is 8.03. The quantitative estimate of drug-likeness (QED) is 0.367. The molecule has 5 N–H and O–H groups in total. The maximum atomic E-state index is 9.68. The summed E-state index contributed by atoms with van der Waals surface area (Å²) < 4.78 is 5.32. The molecule has 18 heavy (non-hydrogen) atoms. The van der Waals surface area contributed by atoms with Crippen LogP contribution in [0.2, 0.25) is 0 Å². The van der Waals surface area contributed by atoms with Gasteiger partial charge < -0.3 is 21.3 Å². The molecule has 7 heteroatoms. The van der Waals surface area contributed by atoms with E-state index in [1.54, 1.807) is 0 Å². The van der Waals surface area contributed by atoms with Gasteiger partial charge >= 0.3 is 0 Å². The molecule has 0 aromatic carbocycles. The average Bonchev–Trinajstić information content (AvgIpc) is 2.31. The molecule has 1 heterocycles. The van der Waals surface area contributed by atoms with E-state index in [0.717, 1.165) is 12.8 Å². The van der Waals surface area contributed by atoms with Gasteiger partial charge in [-0.05, 0) is 6.42 Å². The Kier molecular flexibility index (Phi) is 6.77. The molecule has 0 bridgehead atoms. The molecule has 6 nitrogen and oxygen atoms in total. The van der Waals surface area contributed by atoms with Crippen LogP contribution in [0.1, 0.15) is 19.8 Å². The number of hydrogen-bond acceptors (Lipinski definition) is 7. The van der Waals surface area contributed by atoms with Gasteiger partial charge in [0.25, 0.3) is 0 Å². The molecular weight excluding hydrogens is 252 g/mol. The van der Waals surface area contributed by atoms with Crippen LogP contribution in [-0.4, -0.2) is 40.1 Å². The number of nitrogen functional groups attached to an aromatic ring is 2. The highest BCUT2D eigenvalue weighted by Crippen LogP contribution is 2.17. The zero-order chi connectivity index (χ0) is 13.4. The first-order valence-electron chi connectivity index (χ1n) is 5.90. The van der Waals surface area contributed by atoms with Gasteiger partial charge in [0.2, 0.25) is 0 Å². The summed E-state index contributed by atoms with van der Waals surface area (Å²) in [5, 5.41) is 10.2. The first kappa shape index (κ1) is 15.0. The molecular formula is C11H20N4O2S.